The van der Waals surface area contributed by atoms with Crippen molar-refractivity contribution >= 4 is 11.3 Å². The largest absolute Gasteiger partial charge is 0.389 e. The first-order valence-corrected chi connectivity index (χ1v) is 6.08. The van der Waals surface area contributed by atoms with Crippen LogP contribution in [0.3, 0.4) is 0 Å². The van der Waals surface area contributed by atoms with Crippen molar-refractivity contribution in [3.63, 3.8) is 0 Å². The molecule has 0 aromatic carbocycles. The summed E-state index contributed by atoms with van der Waals surface area (Å²) in [4.78, 5) is 1.36. The van der Waals surface area contributed by atoms with Crippen molar-refractivity contribution < 1.29 is 9.84 Å². The highest BCUT2D eigenvalue weighted by Crippen LogP contribution is 2.16. The third-order valence-corrected chi connectivity index (χ3v) is 3.21. The van der Waals surface area contributed by atoms with Gasteiger partial charge in [0.15, 0.2) is 0 Å². The minimum absolute atomic E-state index is 0.387. The van der Waals surface area contributed by atoms with Gasteiger partial charge in [0, 0.05) is 25.1 Å². The van der Waals surface area contributed by atoms with E-state index in [1.165, 1.54) is 10.4 Å². The molecule has 0 bridgehead atoms. The first-order chi connectivity index (χ1) is 7.27. The lowest BCUT2D eigenvalue weighted by atomic mass is 10.2. The van der Waals surface area contributed by atoms with Gasteiger partial charge in [0.25, 0.3) is 0 Å². The number of thiophene rings is 1. The van der Waals surface area contributed by atoms with Crippen LogP contribution < -0.4 is 5.32 Å². The molecule has 1 aromatic rings. The van der Waals surface area contributed by atoms with Crippen LogP contribution in [-0.2, 0) is 17.7 Å². The van der Waals surface area contributed by atoms with Crippen LogP contribution in [0, 0.1) is 0 Å². The second-order valence-corrected chi connectivity index (χ2v) is 4.46. The van der Waals surface area contributed by atoms with Gasteiger partial charge >= 0.3 is 0 Å². The molecule has 1 heterocycles. The zero-order valence-corrected chi connectivity index (χ0v) is 10.1. The van der Waals surface area contributed by atoms with Gasteiger partial charge in [0.2, 0.25) is 0 Å². The molecule has 1 rings (SSSR count). The molecule has 1 atom stereocenters. The molecule has 3 nitrogen and oxygen atoms in total. The molecule has 86 valence electrons. The van der Waals surface area contributed by atoms with Gasteiger partial charge < -0.3 is 15.2 Å². The molecule has 0 aliphatic heterocycles. The van der Waals surface area contributed by atoms with Gasteiger partial charge in [0.1, 0.15) is 0 Å². The second-order valence-electron chi connectivity index (χ2n) is 3.46. The molecule has 0 radical (unpaired) electrons. The molecule has 15 heavy (non-hydrogen) atoms. The SMILES string of the molecule is CCc1ccsc1CNCC(O)COC. The number of aliphatic hydroxyl groups excluding tert-OH is 1. The molecule has 4 heteroatoms. The molecule has 0 amide bonds. The van der Waals surface area contributed by atoms with Crippen LogP contribution >= 0.6 is 11.3 Å². The molecular weight excluding hydrogens is 210 g/mol. The first kappa shape index (κ1) is 12.6. The first-order valence-electron chi connectivity index (χ1n) is 5.20. The molecule has 0 fully saturated rings. The summed E-state index contributed by atoms with van der Waals surface area (Å²) in [5.74, 6) is 0. The highest BCUT2D eigenvalue weighted by atomic mass is 32.1. The predicted octanol–water partition coefficient (Wildman–Crippen LogP) is 1.41. The van der Waals surface area contributed by atoms with Gasteiger partial charge in [-0.1, -0.05) is 6.92 Å². The number of methoxy groups -OCH3 is 1. The monoisotopic (exact) mass is 229 g/mol. The average Bonchev–Trinajstić information content (AvgIpc) is 2.66. The summed E-state index contributed by atoms with van der Waals surface area (Å²) < 4.78 is 4.85. The predicted molar refractivity (Wildman–Crippen MR) is 63.3 cm³/mol. The third-order valence-electron chi connectivity index (χ3n) is 2.24. The van der Waals surface area contributed by atoms with E-state index in [2.05, 4.69) is 23.7 Å². The molecule has 2 N–H and O–H groups in total. The Kier molecular flexibility index (Phi) is 5.86. The number of aryl methyl sites for hydroxylation is 1. The Balaban J connectivity index is 2.25. The molecule has 1 unspecified atom stereocenters. The quantitative estimate of drug-likeness (QED) is 0.743. The van der Waals surface area contributed by atoms with Gasteiger partial charge in [-0.3, -0.25) is 0 Å². The van der Waals surface area contributed by atoms with Gasteiger partial charge in [-0.25, -0.2) is 0 Å². The Morgan fingerprint density at radius 3 is 3.07 bits per heavy atom. The maximum absolute atomic E-state index is 9.42. The lowest BCUT2D eigenvalue weighted by Crippen LogP contribution is -2.29. The third kappa shape index (κ3) is 4.30. The molecule has 0 aliphatic carbocycles. The summed E-state index contributed by atoms with van der Waals surface area (Å²) in [6.45, 7) is 3.96. The van der Waals surface area contributed by atoms with E-state index < -0.39 is 6.10 Å². The Bertz CT molecular complexity index is 275. The lowest BCUT2D eigenvalue weighted by molar-refractivity contribution is 0.0644. The van der Waals surface area contributed by atoms with Gasteiger partial charge in [-0.2, -0.15) is 0 Å². The van der Waals surface area contributed by atoms with Crippen molar-refractivity contribution in [2.24, 2.45) is 0 Å². The fourth-order valence-corrected chi connectivity index (χ4v) is 2.39. The van der Waals surface area contributed by atoms with E-state index in [1.54, 1.807) is 18.4 Å². The summed E-state index contributed by atoms with van der Waals surface area (Å²) in [5.41, 5.74) is 1.40. The fourth-order valence-electron chi connectivity index (χ4n) is 1.44. The number of aliphatic hydroxyl groups is 1. The van der Waals surface area contributed by atoms with Crippen LogP contribution in [0.1, 0.15) is 17.4 Å². The standard InChI is InChI=1S/C11H19NO2S/c1-3-9-4-5-15-11(9)7-12-6-10(13)8-14-2/h4-5,10,12-13H,3,6-8H2,1-2H3. The molecule has 0 saturated carbocycles. The number of nitrogens with one attached hydrogen (secondary N) is 1. The van der Waals surface area contributed by atoms with Crippen LogP contribution in [0.15, 0.2) is 11.4 Å². The molecule has 0 saturated heterocycles. The summed E-state index contributed by atoms with van der Waals surface area (Å²) >= 11 is 1.76. The van der Waals surface area contributed by atoms with Crippen molar-refractivity contribution in [2.75, 3.05) is 20.3 Å². The zero-order valence-electron chi connectivity index (χ0n) is 9.32. The lowest BCUT2D eigenvalue weighted by Gasteiger charge is -2.10. The summed E-state index contributed by atoms with van der Waals surface area (Å²) in [5, 5.41) is 14.8. The van der Waals surface area contributed by atoms with Gasteiger partial charge in [-0.15, -0.1) is 11.3 Å². The van der Waals surface area contributed by atoms with Crippen molar-refractivity contribution in [3.05, 3.63) is 21.9 Å². The summed E-state index contributed by atoms with van der Waals surface area (Å²) in [6.07, 6.45) is 0.654. The Morgan fingerprint density at radius 2 is 2.40 bits per heavy atom. The van der Waals surface area contributed by atoms with E-state index in [1.807, 2.05) is 0 Å². The topological polar surface area (TPSA) is 41.5 Å². The van der Waals surface area contributed by atoms with Crippen LogP contribution in [-0.4, -0.2) is 31.5 Å². The average molecular weight is 229 g/mol. The Morgan fingerprint density at radius 1 is 1.60 bits per heavy atom. The normalized spacial score (nSPS) is 13.0. The number of rotatable bonds is 7. The minimum Gasteiger partial charge on any atom is -0.389 e. The summed E-state index contributed by atoms with van der Waals surface area (Å²) in [7, 11) is 1.59. The molecule has 0 spiro atoms. The van der Waals surface area contributed by atoms with Crippen LogP contribution in [0.5, 0.6) is 0 Å². The van der Waals surface area contributed by atoms with Gasteiger partial charge in [-0.05, 0) is 23.4 Å². The highest BCUT2D eigenvalue weighted by molar-refractivity contribution is 7.10. The smallest absolute Gasteiger partial charge is 0.0897 e. The van der Waals surface area contributed by atoms with Crippen molar-refractivity contribution in [1.82, 2.24) is 5.32 Å². The zero-order chi connectivity index (χ0) is 11.1. The summed E-state index contributed by atoms with van der Waals surface area (Å²) in [6, 6.07) is 2.16. The van der Waals surface area contributed by atoms with E-state index in [0.29, 0.717) is 13.2 Å². The van der Waals surface area contributed by atoms with Crippen molar-refractivity contribution in [3.8, 4) is 0 Å². The fraction of sp³-hybridized carbons (Fsp3) is 0.636. The Hall–Kier alpha value is -0.420. The number of hydrogen-bond donors (Lipinski definition) is 2. The van der Waals surface area contributed by atoms with E-state index in [4.69, 9.17) is 4.74 Å². The molecular formula is C11H19NO2S. The maximum Gasteiger partial charge on any atom is 0.0897 e. The number of ether oxygens (including phenoxy) is 1. The second kappa shape index (κ2) is 6.95. The molecule has 0 aliphatic rings. The minimum atomic E-state index is -0.417. The van der Waals surface area contributed by atoms with Crippen LogP contribution in [0.2, 0.25) is 0 Å². The van der Waals surface area contributed by atoms with Gasteiger partial charge in [0.05, 0.1) is 12.7 Å². The highest BCUT2D eigenvalue weighted by Gasteiger charge is 2.05. The molecule has 1 aromatic heterocycles. The van der Waals surface area contributed by atoms with Crippen molar-refractivity contribution in [2.45, 2.75) is 26.0 Å². The van der Waals surface area contributed by atoms with Crippen molar-refractivity contribution in [1.29, 1.82) is 0 Å². The van der Waals surface area contributed by atoms with Crippen LogP contribution in [0.25, 0.3) is 0 Å². The number of hydrogen-bond acceptors (Lipinski definition) is 4. The Labute approximate surface area is 95.1 Å². The van der Waals surface area contributed by atoms with E-state index in [-0.39, 0.29) is 0 Å². The maximum atomic E-state index is 9.42. The van der Waals surface area contributed by atoms with E-state index in [9.17, 15) is 5.11 Å². The van der Waals surface area contributed by atoms with E-state index >= 15 is 0 Å². The van der Waals surface area contributed by atoms with Crippen LogP contribution in [0.4, 0.5) is 0 Å². The van der Waals surface area contributed by atoms with E-state index in [0.717, 1.165) is 13.0 Å².